The van der Waals surface area contributed by atoms with E-state index in [1.807, 2.05) is 74.8 Å². The first-order valence-electron chi connectivity index (χ1n) is 10.1. The van der Waals surface area contributed by atoms with Gasteiger partial charge in [0.1, 0.15) is 18.0 Å². The number of hydrogen-bond acceptors (Lipinski definition) is 4. The Labute approximate surface area is 173 Å². The van der Waals surface area contributed by atoms with Crippen LogP contribution in [0.2, 0.25) is 0 Å². The highest BCUT2D eigenvalue weighted by atomic mass is 16.5. The third kappa shape index (κ3) is 3.39. The van der Waals surface area contributed by atoms with Crippen LogP contribution in [0.4, 0.5) is 11.4 Å². The molecule has 0 fully saturated rings. The number of hydrogen-bond donors (Lipinski definition) is 1. The summed E-state index contributed by atoms with van der Waals surface area (Å²) >= 11 is 0. The normalized spacial score (nSPS) is 17.8. The largest absolute Gasteiger partial charge is 0.492 e. The van der Waals surface area contributed by atoms with Crippen LogP contribution in [0.1, 0.15) is 23.6 Å². The Kier molecular flexibility index (Phi) is 5.31. The van der Waals surface area contributed by atoms with Crippen molar-refractivity contribution in [3.05, 3.63) is 89.5 Å². The maximum atomic E-state index is 12.2. The highest BCUT2D eigenvalue weighted by Crippen LogP contribution is 2.51. The Morgan fingerprint density at radius 1 is 0.897 bits per heavy atom. The molecule has 0 saturated carbocycles. The zero-order chi connectivity index (χ0) is 20.4. The van der Waals surface area contributed by atoms with Crippen LogP contribution in [0.3, 0.4) is 0 Å². The van der Waals surface area contributed by atoms with Crippen LogP contribution in [0.5, 0.6) is 5.75 Å². The van der Waals surface area contributed by atoms with Gasteiger partial charge in [0, 0.05) is 35.6 Å². The Balaban J connectivity index is 1.88. The number of benzene rings is 3. The standard InChI is InChI=1S/C25H28N2O2/c1-4-27-23-13-9-8-12-21(23)25(28,19-10-6-5-7-11-19)22-18-20(14-15-24(22)27)29-17-16-26(2)3/h5-15,18,28H,4,16-17H2,1-3H3. The molecular weight excluding hydrogens is 360 g/mol. The molecular formula is C25H28N2O2. The van der Waals surface area contributed by atoms with Crippen molar-refractivity contribution in [1.82, 2.24) is 4.90 Å². The molecule has 0 amide bonds. The van der Waals surface area contributed by atoms with Crippen LogP contribution in [0, 0.1) is 0 Å². The SMILES string of the molecule is CCN1c2ccccc2C(O)(c2ccccc2)c2cc(OCCN(C)C)ccc21. The molecule has 0 aromatic heterocycles. The molecule has 0 radical (unpaired) electrons. The molecule has 0 bridgehead atoms. The van der Waals surface area contributed by atoms with E-state index < -0.39 is 5.60 Å². The minimum atomic E-state index is -1.24. The van der Waals surface area contributed by atoms with Crippen LogP contribution < -0.4 is 9.64 Å². The van der Waals surface area contributed by atoms with Crippen molar-refractivity contribution >= 4 is 11.4 Å². The molecule has 1 unspecified atom stereocenters. The summed E-state index contributed by atoms with van der Waals surface area (Å²) in [5.41, 5.74) is 3.42. The van der Waals surface area contributed by atoms with Crippen molar-refractivity contribution in [2.24, 2.45) is 0 Å². The fraction of sp³-hybridized carbons (Fsp3) is 0.280. The second-order valence-electron chi connectivity index (χ2n) is 7.67. The molecule has 0 saturated heterocycles. The Bertz CT molecular complexity index is 987. The smallest absolute Gasteiger partial charge is 0.144 e. The van der Waals surface area contributed by atoms with Gasteiger partial charge in [-0.25, -0.2) is 0 Å². The molecule has 3 aromatic carbocycles. The van der Waals surface area contributed by atoms with E-state index in [1.54, 1.807) is 0 Å². The summed E-state index contributed by atoms with van der Waals surface area (Å²) in [5.74, 6) is 0.774. The van der Waals surface area contributed by atoms with E-state index in [4.69, 9.17) is 4.74 Å². The van der Waals surface area contributed by atoms with E-state index in [1.165, 1.54) is 0 Å². The van der Waals surface area contributed by atoms with Gasteiger partial charge in [0.05, 0.1) is 0 Å². The highest BCUT2D eigenvalue weighted by molar-refractivity contribution is 5.80. The van der Waals surface area contributed by atoms with Crippen molar-refractivity contribution in [3.8, 4) is 5.75 Å². The number of aliphatic hydroxyl groups is 1. The highest BCUT2D eigenvalue weighted by Gasteiger charge is 2.43. The van der Waals surface area contributed by atoms with Crippen LogP contribution >= 0.6 is 0 Å². The summed E-state index contributed by atoms with van der Waals surface area (Å²) < 4.78 is 6.00. The predicted octanol–water partition coefficient (Wildman–Crippen LogP) is 4.38. The third-order valence-corrected chi connectivity index (χ3v) is 5.55. The Morgan fingerprint density at radius 2 is 1.59 bits per heavy atom. The van der Waals surface area contributed by atoms with Crippen LogP contribution in [-0.4, -0.2) is 43.8 Å². The molecule has 1 atom stereocenters. The molecule has 150 valence electrons. The minimum absolute atomic E-state index is 0.601. The first-order chi connectivity index (χ1) is 14.1. The van der Waals surface area contributed by atoms with E-state index in [0.29, 0.717) is 6.61 Å². The second kappa shape index (κ2) is 7.90. The quantitative estimate of drug-likeness (QED) is 0.680. The lowest BCUT2D eigenvalue weighted by atomic mass is 9.76. The van der Waals surface area contributed by atoms with Gasteiger partial charge in [0.15, 0.2) is 0 Å². The van der Waals surface area contributed by atoms with Crippen molar-refractivity contribution in [3.63, 3.8) is 0 Å². The number of fused-ring (bicyclic) bond motifs is 2. The van der Waals surface area contributed by atoms with Gasteiger partial charge in [-0.15, -0.1) is 0 Å². The average Bonchev–Trinajstić information content (AvgIpc) is 2.75. The van der Waals surface area contributed by atoms with Crippen LogP contribution in [0.25, 0.3) is 0 Å². The van der Waals surface area contributed by atoms with Gasteiger partial charge >= 0.3 is 0 Å². The van der Waals surface area contributed by atoms with E-state index in [-0.39, 0.29) is 0 Å². The molecule has 1 heterocycles. The van der Waals surface area contributed by atoms with E-state index >= 15 is 0 Å². The molecule has 29 heavy (non-hydrogen) atoms. The maximum absolute atomic E-state index is 12.2. The van der Waals surface area contributed by atoms with Gasteiger partial charge in [-0.05, 0) is 50.8 Å². The number of ether oxygens (including phenoxy) is 1. The fourth-order valence-corrected chi connectivity index (χ4v) is 4.10. The summed E-state index contributed by atoms with van der Waals surface area (Å²) in [6, 6.07) is 24.1. The summed E-state index contributed by atoms with van der Waals surface area (Å²) in [5, 5.41) is 12.2. The number of anilines is 2. The summed E-state index contributed by atoms with van der Waals surface area (Å²) in [6.07, 6.45) is 0. The van der Waals surface area contributed by atoms with Crippen molar-refractivity contribution in [2.45, 2.75) is 12.5 Å². The topological polar surface area (TPSA) is 35.9 Å². The average molecular weight is 389 g/mol. The molecule has 1 aliphatic heterocycles. The zero-order valence-corrected chi connectivity index (χ0v) is 17.3. The fourth-order valence-electron chi connectivity index (χ4n) is 4.10. The number of rotatable bonds is 6. The number of nitrogens with zero attached hydrogens (tertiary/aromatic N) is 2. The lowest BCUT2D eigenvalue weighted by Crippen LogP contribution is -2.37. The molecule has 0 spiro atoms. The minimum Gasteiger partial charge on any atom is -0.492 e. The molecule has 4 rings (SSSR count). The lowest BCUT2D eigenvalue weighted by molar-refractivity contribution is 0.124. The Morgan fingerprint density at radius 3 is 2.31 bits per heavy atom. The number of para-hydroxylation sites is 1. The maximum Gasteiger partial charge on any atom is 0.144 e. The van der Waals surface area contributed by atoms with E-state index in [0.717, 1.165) is 46.9 Å². The van der Waals surface area contributed by atoms with Gasteiger partial charge < -0.3 is 19.6 Å². The molecule has 1 aliphatic rings. The third-order valence-electron chi connectivity index (χ3n) is 5.55. The summed E-state index contributed by atoms with van der Waals surface area (Å²) in [6.45, 7) is 4.39. The van der Waals surface area contributed by atoms with Crippen molar-refractivity contribution in [1.29, 1.82) is 0 Å². The lowest BCUT2D eigenvalue weighted by Gasteiger charge is -2.42. The monoisotopic (exact) mass is 388 g/mol. The molecule has 4 nitrogen and oxygen atoms in total. The predicted molar refractivity (Wildman–Crippen MR) is 118 cm³/mol. The van der Waals surface area contributed by atoms with Crippen molar-refractivity contribution in [2.75, 3.05) is 38.7 Å². The van der Waals surface area contributed by atoms with Gasteiger partial charge in [-0.1, -0.05) is 48.5 Å². The molecule has 0 aliphatic carbocycles. The number of likely N-dealkylation sites (N-methyl/N-ethyl adjacent to an activating group) is 1. The summed E-state index contributed by atoms with van der Waals surface area (Å²) in [4.78, 5) is 4.35. The second-order valence-corrected chi connectivity index (χ2v) is 7.67. The van der Waals surface area contributed by atoms with Gasteiger partial charge in [-0.3, -0.25) is 0 Å². The van der Waals surface area contributed by atoms with Crippen LogP contribution in [0.15, 0.2) is 72.8 Å². The first kappa shape index (κ1) is 19.5. The summed E-state index contributed by atoms with van der Waals surface area (Å²) in [7, 11) is 4.06. The van der Waals surface area contributed by atoms with E-state index in [9.17, 15) is 5.11 Å². The van der Waals surface area contributed by atoms with Gasteiger partial charge in [0.25, 0.3) is 0 Å². The van der Waals surface area contributed by atoms with Crippen LogP contribution in [-0.2, 0) is 5.60 Å². The molecule has 3 aromatic rings. The van der Waals surface area contributed by atoms with Gasteiger partial charge in [0.2, 0.25) is 0 Å². The van der Waals surface area contributed by atoms with E-state index in [2.05, 4.69) is 28.9 Å². The molecule has 4 heteroatoms. The molecule has 1 N–H and O–H groups in total. The van der Waals surface area contributed by atoms with Gasteiger partial charge in [-0.2, -0.15) is 0 Å². The van der Waals surface area contributed by atoms with Crippen molar-refractivity contribution < 1.29 is 9.84 Å². The first-order valence-corrected chi connectivity index (χ1v) is 10.1. The zero-order valence-electron chi connectivity index (χ0n) is 17.3. The Hall–Kier alpha value is -2.82.